The van der Waals surface area contributed by atoms with Gasteiger partial charge in [0.25, 0.3) is 5.69 Å². The lowest BCUT2D eigenvalue weighted by Gasteiger charge is -2.23. The Morgan fingerprint density at radius 1 is 1.15 bits per heavy atom. The highest BCUT2D eigenvalue weighted by Crippen LogP contribution is 2.35. The Morgan fingerprint density at radius 3 is 2.41 bits per heavy atom. The molecule has 1 aliphatic heterocycles. The molecule has 1 saturated heterocycles. The number of likely N-dealkylation sites (N-methyl/N-ethyl adjacent to an activating group) is 1. The molecule has 0 aliphatic carbocycles. The van der Waals surface area contributed by atoms with Crippen molar-refractivity contribution in [3.05, 3.63) is 69.8 Å². The second-order valence-corrected chi connectivity index (χ2v) is 7.94. The van der Waals surface area contributed by atoms with E-state index in [0.29, 0.717) is 28.1 Å². The monoisotopic (exact) mass is 385 g/mol. The third-order valence-corrected chi connectivity index (χ3v) is 6.08. The van der Waals surface area contributed by atoms with E-state index in [-0.39, 0.29) is 11.5 Å². The molecule has 0 bridgehead atoms. The van der Waals surface area contributed by atoms with E-state index in [4.69, 9.17) is 0 Å². The third-order valence-electron chi connectivity index (χ3n) is 5.01. The molecule has 1 fully saturated rings. The molecular formula is C20H23N3O3S. The number of anilines is 1. The van der Waals surface area contributed by atoms with Crippen LogP contribution in [0.15, 0.2) is 48.5 Å². The van der Waals surface area contributed by atoms with Gasteiger partial charge in [-0.2, -0.15) is 11.8 Å². The summed E-state index contributed by atoms with van der Waals surface area (Å²) in [6.45, 7) is 1.47. The van der Waals surface area contributed by atoms with Crippen molar-refractivity contribution in [2.75, 3.05) is 38.3 Å². The van der Waals surface area contributed by atoms with Crippen LogP contribution in [0.1, 0.15) is 15.9 Å². The average molecular weight is 385 g/mol. The smallest absolute Gasteiger partial charge is 0.293 e. The Bertz CT molecular complexity index is 842. The SMILES string of the molecule is CS[C@@H]1CN(c2ccc(C(=O)c3ccccc3)cc2[N+](=O)[O-])C[C@@H]1N(C)C. The second-order valence-electron chi connectivity index (χ2n) is 6.87. The lowest BCUT2D eigenvalue weighted by atomic mass is 10.0. The quantitative estimate of drug-likeness (QED) is 0.432. The minimum Gasteiger partial charge on any atom is -0.363 e. The van der Waals surface area contributed by atoms with Gasteiger partial charge in [0.15, 0.2) is 5.78 Å². The molecule has 0 unspecified atom stereocenters. The van der Waals surface area contributed by atoms with E-state index in [0.717, 1.165) is 13.1 Å². The van der Waals surface area contributed by atoms with E-state index in [1.807, 2.05) is 20.2 Å². The number of ketones is 1. The number of carbonyl (C=O) groups excluding carboxylic acids is 1. The van der Waals surface area contributed by atoms with Crippen molar-refractivity contribution >= 4 is 28.9 Å². The first kappa shape index (κ1) is 19.4. The predicted molar refractivity (Wildman–Crippen MR) is 110 cm³/mol. The van der Waals surface area contributed by atoms with E-state index < -0.39 is 4.92 Å². The zero-order chi connectivity index (χ0) is 19.6. The lowest BCUT2D eigenvalue weighted by molar-refractivity contribution is -0.384. The maximum Gasteiger partial charge on any atom is 0.293 e. The van der Waals surface area contributed by atoms with Crippen LogP contribution in [0.5, 0.6) is 0 Å². The molecule has 0 N–H and O–H groups in total. The van der Waals surface area contributed by atoms with Gasteiger partial charge in [-0.3, -0.25) is 14.9 Å². The Labute approximate surface area is 163 Å². The molecule has 6 nitrogen and oxygen atoms in total. The van der Waals surface area contributed by atoms with Gasteiger partial charge in [0.1, 0.15) is 5.69 Å². The number of rotatable bonds is 6. The number of thioether (sulfide) groups is 1. The fourth-order valence-electron chi connectivity index (χ4n) is 3.52. The summed E-state index contributed by atoms with van der Waals surface area (Å²) in [7, 11) is 4.07. The van der Waals surface area contributed by atoms with Crippen LogP contribution in [0, 0.1) is 10.1 Å². The molecule has 142 valence electrons. The van der Waals surface area contributed by atoms with Crippen LogP contribution < -0.4 is 4.90 Å². The maximum atomic E-state index is 12.6. The standard InChI is InChI=1S/C20H23N3O3S/c1-21(2)18-12-22(13-19(18)27-3)16-10-9-15(11-17(16)23(25)26)20(24)14-7-5-4-6-8-14/h4-11,18-19H,12-13H2,1-3H3/t18-,19+/m0/s1. The summed E-state index contributed by atoms with van der Waals surface area (Å²) in [5.41, 5.74) is 1.42. The van der Waals surface area contributed by atoms with E-state index in [2.05, 4.69) is 16.1 Å². The molecule has 7 heteroatoms. The summed E-state index contributed by atoms with van der Waals surface area (Å²) in [6.07, 6.45) is 2.07. The summed E-state index contributed by atoms with van der Waals surface area (Å²) in [5.74, 6) is -0.208. The molecule has 2 aromatic rings. The van der Waals surface area contributed by atoms with Crippen molar-refractivity contribution < 1.29 is 9.72 Å². The van der Waals surface area contributed by atoms with Gasteiger partial charge in [0.2, 0.25) is 0 Å². The van der Waals surface area contributed by atoms with Crippen LogP contribution in [0.2, 0.25) is 0 Å². The Morgan fingerprint density at radius 2 is 1.85 bits per heavy atom. The highest BCUT2D eigenvalue weighted by molar-refractivity contribution is 7.99. The molecule has 0 radical (unpaired) electrons. The Hall–Kier alpha value is -2.38. The highest BCUT2D eigenvalue weighted by atomic mass is 32.2. The summed E-state index contributed by atoms with van der Waals surface area (Å²) in [6, 6.07) is 14.0. The van der Waals surface area contributed by atoms with Crippen molar-refractivity contribution in [1.29, 1.82) is 0 Å². The van der Waals surface area contributed by atoms with Crippen molar-refractivity contribution in [2.24, 2.45) is 0 Å². The van der Waals surface area contributed by atoms with E-state index in [9.17, 15) is 14.9 Å². The number of benzene rings is 2. The average Bonchev–Trinajstić information content (AvgIpc) is 3.12. The number of carbonyl (C=O) groups is 1. The van der Waals surface area contributed by atoms with Crippen molar-refractivity contribution in [1.82, 2.24) is 4.90 Å². The van der Waals surface area contributed by atoms with Crippen LogP contribution in [0.3, 0.4) is 0 Å². The minimum atomic E-state index is -0.395. The van der Waals surface area contributed by atoms with Gasteiger partial charge in [0.05, 0.1) is 4.92 Å². The zero-order valence-electron chi connectivity index (χ0n) is 15.7. The molecule has 27 heavy (non-hydrogen) atoms. The van der Waals surface area contributed by atoms with Crippen LogP contribution in [-0.4, -0.2) is 60.3 Å². The molecule has 2 aromatic carbocycles. The second kappa shape index (κ2) is 8.10. The molecule has 0 aromatic heterocycles. The van der Waals surface area contributed by atoms with Crippen LogP contribution >= 0.6 is 11.8 Å². The van der Waals surface area contributed by atoms with Gasteiger partial charge in [-0.1, -0.05) is 30.3 Å². The summed E-state index contributed by atoms with van der Waals surface area (Å²) in [5, 5.41) is 12.1. The number of hydrogen-bond donors (Lipinski definition) is 0. The van der Waals surface area contributed by atoms with E-state index >= 15 is 0 Å². The molecule has 0 amide bonds. The van der Waals surface area contributed by atoms with Crippen LogP contribution in [0.4, 0.5) is 11.4 Å². The van der Waals surface area contributed by atoms with E-state index in [1.54, 1.807) is 48.2 Å². The number of nitro groups is 1. The Kier molecular flexibility index (Phi) is 5.82. The lowest BCUT2D eigenvalue weighted by Crippen LogP contribution is -2.36. The van der Waals surface area contributed by atoms with Gasteiger partial charge in [-0.15, -0.1) is 0 Å². The van der Waals surface area contributed by atoms with Crippen molar-refractivity contribution in [2.45, 2.75) is 11.3 Å². The van der Waals surface area contributed by atoms with Crippen LogP contribution in [0.25, 0.3) is 0 Å². The van der Waals surface area contributed by atoms with Gasteiger partial charge in [-0.25, -0.2) is 0 Å². The van der Waals surface area contributed by atoms with Crippen LogP contribution in [-0.2, 0) is 0 Å². The summed E-state index contributed by atoms with van der Waals surface area (Å²) >= 11 is 1.78. The number of hydrogen-bond acceptors (Lipinski definition) is 6. The highest BCUT2D eigenvalue weighted by Gasteiger charge is 2.36. The first-order valence-corrected chi connectivity index (χ1v) is 10.0. The predicted octanol–water partition coefficient (Wildman–Crippen LogP) is 3.31. The zero-order valence-corrected chi connectivity index (χ0v) is 16.5. The minimum absolute atomic E-state index is 0.0176. The van der Waals surface area contributed by atoms with Crippen molar-refractivity contribution in [3.63, 3.8) is 0 Å². The third kappa shape index (κ3) is 3.99. The largest absolute Gasteiger partial charge is 0.363 e. The molecule has 0 spiro atoms. The Balaban J connectivity index is 1.94. The first-order chi connectivity index (χ1) is 12.9. The fraction of sp³-hybridized carbons (Fsp3) is 0.350. The molecule has 1 aliphatic rings. The fourth-order valence-corrected chi connectivity index (χ4v) is 4.49. The molecule has 2 atom stereocenters. The normalized spacial score (nSPS) is 19.5. The number of nitrogens with zero attached hydrogens (tertiary/aromatic N) is 3. The molecular weight excluding hydrogens is 362 g/mol. The molecule has 1 heterocycles. The first-order valence-electron chi connectivity index (χ1n) is 8.74. The molecule has 3 rings (SSSR count). The van der Waals surface area contributed by atoms with Gasteiger partial charge < -0.3 is 9.80 Å². The topological polar surface area (TPSA) is 66.7 Å². The molecule has 0 saturated carbocycles. The van der Waals surface area contributed by atoms with Gasteiger partial charge in [0, 0.05) is 41.6 Å². The van der Waals surface area contributed by atoms with Crippen molar-refractivity contribution in [3.8, 4) is 0 Å². The maximum absolute atomic E-state index is 12.6. The van der Waals surface area contributed by atoms with Gasteiger partial charge in [-0.05, 0) is 32.5 Å². The number of nitro benzene ring substituents is 1. The summed E-state index contributed by atoms with van der Waals surface area (Å²) in [4.78, 5) is 28.2. The van der Waals surface area contributed by atoms with E-state index in [1.165, 1.54) is 6.07 Å². The summed E-state index contributed by atoms with van der Waals surface area (Å²) < 4.78 is 0. The van der Waals surface area contributed by atoms with Gasteiger partial charge >= 0.3 is 0 Å².